The summed E-state index contributed by atoms with van der Waals surface area (Å²) in [7, 11) is 0. The van der Waals surface area contributed by atoms with E-state index in [4.69, 9.17) is 5.73 Å². The summed E-state index contributed by atoms with van der Waals surface area (Å²) in [5, 5.41) is 7.93. The Kier molecular flexibility index (Phi) is 2.87. The molecule has 1 saturated carbocycles. The van der Waals surface area contributed by atoms with Gasteiger partial charge in [0.2, 0.25) is 0 Å². The Bertz CT molecular complexity index is 443. The molecule has 0 atom stereocenters. The van der Waals surface area contributed by atoms with Crippen LogP contribution in [0.4, 0.5) is 11.5 Å². The van der Waals surface area contributed by atoms with E-state index in [1.54, 1.807) is 0 Å². The molecule has 4 heteroatoms. The van der Waals surface area contributed by atoms with Crippen molar-refractivity contribution in [2.75, 3.05) is 17.6 Å². The van der Waals surface area contributed by atoms with Crippen LogP contribution < -0.4 is 11.1 Å². The Morgan fingerprint density at radius 1 is 1.28 bits per heavy atom. The van der Waals surface area contributed by atoms with Crippen LogP contribution in [0.1, 0.15) is 40.3 Å². The van der Waals surface area contributed by atoms with Crippen molar-refractivity contribution < 1.29 is 0 Å². The number of nitrogen functional groups attached to an aromatic ring is 1. The molecule has 1 fully saturated rings. The molecule has 1 aromatic heterocycles. The summed E-state index contributed by atoms with van der Waals surface area (Å²) < 4.78 is 1.95. The number of rotatable bonds is 4. The van der Waals surface area contributed by atoms with Gasteiger partial charge in [-0.3, -0.25) is 0 Å². The van der Waals surface area contributed by atoms with Crippen LogP contribution in [0.15, 0.2) is 0 Å². The molecule has 102 valence electrons. The van der Waals surface area contributed by atoms with E-state index in [1.807, 2.05) is 11.6 Å². The molecule has 0 saturated heterocycles. The zero-order valence-corrected chi connectivity index (χ0v) is 12.5. The number of nitrogens with two attached hydrogens (primary N) is 1. The highest BCUT2D eigenvalue weighted by atomic mass is 15.3. The predicted molar refractivity (Wildman–Crippen MR) is 76.6 cm³/mol. The van der Waals surface area contributed by atoms with E-state index in [1.165, 1.54) is 0 Å². The van der Waals surface area contributed by atoms with Crippen LogP contribution in [0.25, 0.3) is 0 Å². The van der Waals surface area contributed by atoms with Crippen molar-refractivity contribution in [3.8, 4) is 0 Å². The fourth-order valence-electron chi connectivity index (χ4n) is 3.05. The summed E-state index contributed by atoms with van der Waals surface area (Å²) in [6.45, 7) is 15.2. The fraction of sp³-hybridized carbons (Fsp3) is 0.786. The molecule has 0 bridgehead atoms. The molecule has 3 N–H and O–H groups in total. The van der Waals surface area contributed by atoms with Crippen LogP contribution in [-0.4, -0.2) is 16.3 Å². The van der Waals surface area contributed by atoms with E-state index < -0.39 is 0 Å². The van der Waals surface area contributed by atoms with Crippen molar-refractivity contribution in [1.82, 2.24) is 9.78 Å². The second-order valence-electron chi connectivity index (χ2n) is 6.54. The van der Waals surface area contributed by atoms with Crippen molar-refractivity contribution >= 4 is 11.5 Å². The minimum atomic E-state index is 0.404. The monoisotopic (exact) mass is 250 g/mol. The Balaban J connectivity index is 2.09. The number of anilines is 2. The third-order valence-electron chi connectivity index (χ3n) is 5.27. The molecule has 4 nitrogen and oxygen atoms in total. The number of hydrogen-bond acceptors (Lipinski definition) is 3. The molecular formula is C14H26N4. The first-order chi connectivity index (χ1) is 8.23. The smallest absolute Gasteiger partial charge is 0.148 e. The van der Waals surface area contributed by atoms with Crippen LogP contribution in [-0.2, 0) is 6.54 Å². The number of aryl methyl sites for hydroxylation is 2. The van der Waals surface area contributed by atoms with Gasteiger partial charge >= 0.3 is 0 Å². The van der Waals surface area contributed by atoms with Crippen molar-refractivity contribution in [2.24, 2.45) is 16.7 Å². The summed E-state index contributed by atoms with van der Waals surface area (Å²) in [4.78, 5) is 0. The molecule has 1 aromatic rings. The van der Waals surface area contributed by atoms with Crippen molar-refractivity contribution in [3.63, 3.8) is 0 Å². The van der Waals surface area contributed by atoms with E-state index in [0.29, 0.717) is 16.7 Å². The molecule has 0 amide bonds. The van der Waals surface area contributed by atoms with Crippen molar-refractivity contribution in [3.05, 3.63) is 5.69 Å². The van der Waals surface area contributed by atoms with Gasteiger partial charge in [0.15, 0.2) is 0 Å². The van der Waals surface area contributed by atoms with Crippen LogP contribution in [0, 0.1) is 23.7 Å². The summed E-state index contributed by atoms with van der Waals surface area (Å²) in [6.07, 6.45) is 0. The Morgan fingerprint density at radius 3 is 2.28 bits per heavy atom. The second kappa shape index (κ2) is 3.90. The Hall–Kier alpha value is -1.19. The minimum absolute atomic E-state index is 0.404. The maximum atomic E-state index is 6.07. The Morgan fingerprint density at radius 2 is 1.83 bits per heavy atom. The van der Waals surface area contributed by atoms with E-state index in [-0.39, 0.29) is 0 Å². The first-order valence-corrected chi connectivity index (χ1v) is 6.80. The SMILES string of the molecule is CCn1nc(C)c(N)c1NCC1C(C)(C)C1(C)C. The van der Waals surface area contributed by atoms with Gasteiger partial charge in [0.25, 0.3) is 0 Å². The molecule has 0 aromatic carbocycles. The van der Waals surface area contributed by atoms with E-state index in [9.17, 15) is 0 Å². The zero-order valence-electron chi connectivity index (χ0n) is 12.5. The lowest BCUT2D eigenvalue weighted by molar-refractivity contribution is 0.457. The molecule has 2 rings (SSSR count). The molecular weight excluding hydrogens is 224 g/mol. The van der Waals surface area contributed by atoms with Gasteiger partial charge in [-0.25, -0.2) is 4.68 Å². The normalized spacial score (nSPS) is 21.0. The summed E-state index contributed by atoms with van der Waals surface area (Å²) >= 11 is 0. The van der Waals surface area contributed by atoms with E-state index in [2.05, 4.69) is 45.0 Å². The standard InChI is InChI=1S/C14H26N4/c1-7-18-12(11(15)9(2)17-18)16-8-10-13(3,4)14(10,5)6/h10,16H,7-8,15H2,1-6H3. The largest absolute Gasteiger partial charge is 0.394 e. The van der Waals surface area contributed by atoms with Gasteiger partial charge in [-0.15, -0.1) is 0 Å². The third kappa shape index (κ3) is 1.70. The summed E-state index contributed by atoms with van der Waals surface area (Å²) in [5.41, 5.74) is 8.58. The highest BCUT2D eigenvalue weighted by Crippen LogP contribution is 2.68. The molecule has 18 heavy (non-hydrogen) atoms. The van der Waals surface area contributed by atoms with Gasteiger partial charge in [0, 0.05) is 13.1 Å². The quantitative estimate of drug-likeness (QED) is 0.864. The first kappa shape index (κ1) is 13.2. The van der Waals surface area contributed by atoms with E-state index in [0.717, 1.165) is 30.3 Å². The van der Waals surface area contributed by atoms with Crippen molar-refractivity contribution in [1.29, 1.82) is 0 Å². The van der Waals surface area contributed by atoms with Crippen LogP contribution in [0.5, 0.6) is 0 Å². The lowest BCUT2D eigenvalue weighted by atomic mass is 10.0. The molecule has 0 radical (unpaired) electrons. The van der Waals surface area contributed by atoms with Gasteiger partial charge < -0.3 is 11.1 Å². The number of aromatic nitrogens is 2. The maximum Gasteiger partial charge on any atom is 0.148 e. The van der Waals surface area contributed by atoms with Gasteiger partial charge in [0.05, 0.1) is 11.4 Å². The average Bonchev–Trinajstić information content (AvgIpc) is 2.52. The first-order valence-electron chi connectivity index (χ1n) is 6.80. The lowest BCUT2D eigenvalue weighted by Crippen LogP contribution is -2.13. The number of nitrogens with one attached hydrogen (secondary N) is 1. The van der Waals surface area contributed by atoms with Crippen molar-refractivity contribution in [2.45, 2.75) is 48.1 Å². The second-order valence-corrected chi connectivity index (χ2v) is 6.54. The maximum absolute atomic E-state index is 6.07. The predicted octanol–water partition coefficient (Wildman–Crippen LogP) is 2.89. The van der Waals surface area contributed by atoms with E-state index >= 15 is 0 Å². The molecule has 1 heterocycles. The summed E-state index contributed by atoms with van der Waals surface area (Å²) in [6, 6.07) is 0. The lowest BCUT2D eigenvalue weighted by Gasteiger charge is -2.10. The molecule has 0 unspecified atom stereocenters. The van der Waals surface area contributed by atoms with Crippen LogP contribution in [0.2, 0.25) is 0 Å². The minimum Gasteiger partial charge on any atom is -0.394 e. The molecule has 0 aliphatic heterocycles. The highest BCUT2D eigenvalue weighted by molar-refractivity contribution is 5.64. The highest BCUT2D eigenvalue weighted by Gasteiger charge is 2.64. The average molecular weight is 250 g/mol. The fourth-order valence-corrected chi connectivity index (χ4v) is 3.05. The Labute approximate surface area is 110 Å². The van der Waals surface area contributed by atoms with Gasteiger partial charge in [-0.1, -0.05) is 27.7 Å². The number of hydrogen-bond donors (Lipinski definition) is 2. The molecule has 1 aliphatic carbocycles. The summed E-state index contributed by atoms with van der Waals surface area (Å²) in [5.74, 6) is 1.67. The van der Waals surface area contributed by atoms with Gasteiger partial charge in [-0.05, 0) is 30.6 Å². The van der Waals surface area contributed by atoms with Crippen LogP contribution in [0.3, 0.4) is 0 Å². The zero-order chi connectivity index (χ0) is 13.7. The molecule has 1 aliphatic rings. The molecule has 0 spiro atoms. The third-order valence-corrected chi connectivity index (χ3v) is 5.27. The topological polar surface area (TPSA) is 55.9 Å². The number of nitrogens with zero attached hydrogens (tertiary/aromatic N) is 2. The van der Waals surface area contributed by atoms with Gasteiger partial charge in [0.1, 0.15) is 5.82 Å². The van der Waals surface area contributed by atoms with Gasteiger partial charge in [-0.2, -0.15) is 5.10 Å². The van der Waals surface area contributed by atoms with Crippen LogP contribution >= 0.6 is 0 Å².